The van der Waals surface area contributed by atoms with Crippen molar-refractivity contribution in [2.24, 2.45) is 5.11 Å². The normalized spacial score (nSPS) is 11.2. The topological polar surface area (TPSA) is 33.8 Å². The first kappa shape index (κ1) is 13.1. The van der Waals surface area contributed by atoms with E-state index in [9.17, 15) is 0 Å². The van der Waals surface area contributed by atoms with Crippen molar-refractivity contribution < 1.29 is 14.2 Å². The molecule has 0 saturated heterocycles. The molecule has 0 aliphatic carbocycles. The lowest BCUT2D eigenvalue weighted by molar-refractivity contribution is -0.476. The average molecular weight is 257 g/mol. The maximum Gasteiger partial charge on any atom is 0.273 e. The Morgan fingerprint density at radius 2 is 1.42 bits per heavy atom. The van der Waals surface area contributed by atoms with Gasteiger partial charge in [0.05, 0.1) is 14.2 Å². The fraction of sp³-hybridized carbons (Fsp3) is 0.200. The first-order chi connectivity index (χ1) is 9.26. The summed E-state index contributed by atoms with van der Waals surface area (Å²) < 4.78 is 12.4. The molecular formula is C15H17N2O2+. The summed E-state index contributed by atoms with van der Waals surface area (Å²) >= 11 is 0. The van der Waals surface area contributed by atoms with Crippen LogP contribution in [0.2, 0.25) is 0 Å². The minimum absolute atomic E-state index is 0.740. The Morgan fingerprint density at radius 1 is 0.842 bits per heavy atom. The lowest BCUT2D eigenvalue weighted by Gasteiger charge is -2.03. The quantitative estimate of drug-likeness (QED) is 0.617. The van der Waals surface area contributed by atoms with Gasteiger partial charge in [0, 0.05) is 11.2 Å². The molecule has 2 aromatic rings. The molecule has 4 heteroatoms. The van der Waals surface area contributed by atoms with Crippen LogP contribution in [0.5, 0.6) is 11.5 Å². The molecule has 98 valence electrons. The molecule has 0 N–H and O–H groups in total. The molecule has 2 aromatic carbocycles. The van der Waals surface area contributed by atoms with Crippen LogP contribution in [0, 0.1) is 0 Å². The monoisotopic (exact) mass is 257 g/mol. The molecule has 0 spiro atoms. The summed E-state index contributed by atoms with van der Waals surface area (Å²) in [6.07, 6.45) is 0. The molecule has 0 radical (unpaired) electrons. The van der Waals surface area contributed by atoms with Crippen molar-refractivity contribution in [3.05, 3.63) is 48.5 Å². The van der Waals surface area contributed by atoms with Crippen LogP contribution < -0.4 is 9.47 Å². The number of rotatable bonds is 4. The van der Waals surface area contributed by atoms with Crippen LogP contribution in [0.4, 0.5) is 11.4 Å². The van der Waals surface area contributed by atoms with E-state index in [0.29, 0.717) is 0 Å². The Bertz CT molecular complexity index is 594. The lowest BCUT2D eigenvalue weighted by Crippen LogP contribution is -1.97. The van der Waals surface area contributed by atoms with Crippen molar-refractivity contribution in [1.82, 2.24) is 0 Å². The molecule has 0 saturated carbocycles. The van der Waals surface area contributed by atoms with Crippen LogP contribution in [0.3, 0.4) is 0 Å². The summed E-state index contributed by atoms with van der Waals surface area (Å²) in [4.78, 5) is 0. The highest BCUT2D eigenvalue weighted by atomic mass is 16.5. The number of hydrogen-bond donors (Lipinski definition) is 0. The summed E-state index contributed by atoms with van der Waals surface area (Å²) in [5.74, 6) is 1.52. The van der Waals surface area contributed by atoms with Gasteiger partial charge in [-0.15, -0.1) is 0 Å². The number of ether oxygens (including phenoxy) is 2. The standard InChI is InChI=1S/C15H17N2O2/c1-17(13-9-5-7-11-15(13)19-3)16-12-8-4-6-10-14(12)18-2/h4-11H,1-3H3/q+1. The molecule has 0 atom stereocenters. The zero-order valence-electron chi connectivity index (χ0n) is 11.3. The number of azo groups is 2. The summed E-state index contributed by atoms with van der Waals surface area (Å²) in [5, 5.41) is 4.54. The van der Waals surface area contributed by atoms with Crippen molar-refractivity contribution in [3.8, 4) is 11.5 Å². The molecule has 0 aliphatic heterocycles. The van der Waals surface area contributed by atoms with Gasteiger partial charge < -0.3 is 9.47 Å². The second kappa shape index (κ2) is 6.00. The molecule has 4 nitrogen and oxygen atoms in total. The molecule has 19 heavy (non-hydrogen) atoms. The van der Waals surface area contributed by atoms with E-state index in [1.165, 1.54) is 0 Å². The van der Waals surface area contributed by atoms with Crippen LogP contribution in [-0.2, 0) is 0 Å². The van der Waals surface area contributed by atoms with Gasteiger partial charge in [-0.3, -0.25) is 0 Å². The van der Waals surface area contributed by atoms with Gasteiger partial charge >= 0.3 is 0 Å². The van der Waals surface area contributed by atoms with E-state index in [1.807, 2.05) is 55.6 Å². The molecular weight excluding hydrogens is 240 g/mol. The van der Waals surface area contributed by atoms with E-state index in [-0.39, 0.29) is 0 Å². The van der Waals surface area contributed by atoms with E-state index in [4.69, 9.17) is 9.47 Å². The van der Waals surface area contributed by atoms with Crippen molar-refractivity contribution in [2.45, 2.75) is 0 Å². The van der Waals surface area contributed by atoms with Crippen molar-refractivity contribution >= 4 is 11.4 Å². The molecule has 0 aromatic heterocycles. The summed E-state index contributed by atoms with van der Waals surface area (Å²) in [5.41, 5.74) is 1.68. The first-order valence-corrected chi connectivity index (χ1v) is 5.97. The summed E-state index contributed by atoms with van der Waals surface area (Å²) in [6, 6.07) is 15.4. The molecule has 0 fully saturated rings. The van der Waals surface area contributed by atoms with Gasteiger partial charge in [-0.1, -0.05) is 29.0 Å². The van der Waals surface area contributed by atoms with Crippen LogP contribution in [0.1, 0.15) is 0 Å². The highest BCUT2D eigenvalue weighted by Crippen LogP contribution is 2.30. The Hall–Kier alpha value is -2.36. The number of para-hydroxylation sites is 3. The van der Waals surface area contributed by atoms with E-state index < -0.39 is 0 Å². The first-order valence-electron chi connectivity index (χ1n) is 5.97. The lowest BCUT2D eigenvalue weighted by atomic mass is 10.3. The van der Waals surface area contributed by atoms with E-state index >= 15 is 0 Å². The number of nitrogens with zero attached hydrogens (tertiary/aromatic N) is 2. The van der Waals surface area contributed by atoms with Gasteiger partial charge in [0.25, 0.3) is 5.69 Å². The third-order valence-electron chi connectivity index (χ3n) is 2.78. The highest BCUT2D eigenvalue weighted by molar-refractivity contribution is 5.51. The molecule has 0 amide bonds. The van der Waals surface area contributed by atoms with Crippen LogP contribution in [0.15, 0.2) is 53.6 Å². The summed E-state index contributed by atoms with van der Waals surface area (Å²) in [6.45, 7) is 0. The Morgan fingerprint density at radius 3 is 2.11 bits per heavy atom. The molecule has 2 rings (SSSR count). The van der Waals surface area contributed by atoms with Gasteiger partial charge in [-0.25, -0.2) is 0 Å². The second-order valence-electron chi connectivity index (χ2n) is 3.97. The predicted octanol–water partition coefficient (Wildman–Crippen LogP) is 3.76. The average Bonchev–Trinajstić information content (AvgIpc) is 2.47. The molecule has 0 unspecified atom stereocenters. The largest absolute Gasteiger partial charge is 0.494 e. The van der Waals surface area contributed by atoms with Gasteiger partial charge in [0.2, 0.25) is 0 Å². The van der Waals surface area contributed by atoms with Crippen molar-refractivity contribution in [2.75, 3.05) is 21.3 Å². The SMILES string of the molecule is COc1ccccc1N=[N+](C)c1ccccc1OC. The van der Waals surface area contributed by atoms with Crippen molar-refractivity contribution in [1.29, 1.82) is 0 Å². The third kappa shape index (κ3) is 2.91. The van der Waals surface area contributed by atoms with Crippen LogP contribution in [0.25, 0.3) is 0 Å². The Labute approximate surface area is 112 Å². The number of methoxy groups -OCH3 is 2. The smallest absolute Gasteiger partial charge is 0.273 e. The van der Waals surface area contributed by atoms with Gasteiger partial charge in [-0.2, -0.15) is 0 Å². The van der Waals surface area contributed by atoms with Gasteiger partial charge in [-0.05, 0) is 18.2 Å². The third-order valence-corrected chi connectivity index (χ3v) is 2.78. The molecule has 0 bridgehead atoms. The van der Waals surface area contributed by atoms with Crippen LogP contribution >= 0.6 is 0 Å². The van der Waals surface area contributed by atoms with E-state index in [1.54, 1.807) is 18.9 Å². The molecule has 0 heterocycles. The van der Waals surface area contributed by atoms with E-state index in [0.717, 1.165) is 22.9 Å². The minimum Gasteiger partial charge on any atom is -0.494 e. The second-order valence-corrected chi connectivity index (χ2v) is 3.97. The predicted molar refractivity (Wildman–Crippen MR) is 73.9 cm³/mol. The maximum atomic E-state index is 5.33. The number of hydrogen-bond acceptors (Lipinski definition) is 3. The van der Waals surface area contributed by atoms with Crippen LogP contribution in [-0.4, -0.2) is 26.0 Å². The van der Waals surface area contributed by atoms with E-state index in [2.05, 4.69) is 5.11 Å². The zero-order valence-corrected chi connectivity index (χ0v) is 11.3. The fourth-order valence-corrected chi connectivity index (χ4v) is 1.82. The minimum atomic E-state index is 0.740. The fourth-order valence-electron chi connectivity index (χ4n) is 1.82. The van der Waals surface area contributed by atoms with Gasteiger partial charge in [0.15, 0.2) is 24.2 Å². The Kier molecular flexibility index (Phi) is 4.13. The van der Waals surface area contributed by atoms with Crippen molar-refractivity contribution in [3.63, 3.8) is 0 Å². The molecule has 0 aliphatic rings. The van der Waals surface area contributed by atoms with Gasteiger partial charge in [0.1, 0.15) is 0 Å². The summed E-state index contributed by atoms with van der Waals surface area (Å²) in [7, 11) is 5.16. The number of benzene rings is 2. The zero-order chi connectivity index (χ0) is 13.7. The maximum absolute atomic E-state index is 5.33. The Balaban J connectivity index is 2.43. The highest BCUT2D eigenvalue weighted by Gasteiger charge is 2.14.